The number of aromatic nitrogens is 1. The lowest BCUT2D eigenvalue weighted by Gasteiger charge is -2.00. The monoisotopic (exact) mass is 187 g/mol. The van der Waals surface area contributed by atoms with Crippen LogP contribution in [0, 0.1) is 17.0 Å². The van der Waals surface area contributed by atoms with E-state index in [2.05, 4.69) is 9.82 Å². The van der Waals surface area contributed by atoms with Gasteiger partial charge in [0.15, 0.2) is 0 Å². The van der Waals surface area contributed by atoms with E-state index in [1.165, 1.54) is 12.3 Å². The van der Waals surface area contributed by atoms with Crippen molar-refractivity contribution in [1.29, 1.82) is 0 Å². The maximum absolute atomic E-state index is 10.5. The van der Waals surface area contributed by atoms with E-state index in [1.54, 1.807) is 6.92 Å². The molecule has 1 N–H and O–H groups in total. The fourth-order valence-corrected chi connectivity index (χ4v) is 1.02. The first-order valence-corrected chi connectivity index (χ1v) is 3.51. The molecule has 1 rings (SSSR count). The van der Waals surface area contributed by atoms with E-state index in [0.717, 1.165) is 0 Å². The first-order chi connectivity index (χ1) is 5.66. The third-order valence-electron chi connectivity index (χ3n) is 1.39. The van der Waals surface area contributed by atoms with Gasteiger partial charge in [0.1, 0.15) is 11.4 Å². The molecule has 1 aromatic heterocycles. The van der Waals surface area contributed by atoms with Gasteiger partial charge in [-0.1, -0.05) is 0 Å². The summed E-state index contributed by atoms with van der Waals surface area (Å²) >= 11 is 5.27. The van der Waals surface area contributed by atoms with Crippen molar-refractivity contribution < 1.29 is 4.92 Å². The van der Waals surface area contributed by atoms with Gasteiger partial charge in [-0.3, -0.25) is 19.9 Å². The average molecular weight is 188 g/mol. The zero-order valence-corrected chi connectivity index (χ0v) is 7.00. The molecule has 0 saturated heterocycles. The van der Waals surface area contributed by atoms with Crippen molar-refractivity contribution in [3.63, 3.8) is 0 Å². The number of nitrogens with zero attached hydrogens (tertiary/aromatic N) is 2. The minimum atomic E-state index is -0.521. The molecule has 0 unspecified atom stereocenters. The SMILES string of the molecule is Cc1nccc(NCl)c1[N+](=O)[O-]. The van der Waals surface area contributed by atoms with Gasteiger partial charge >= 0.3 is 5.69 Å². The fraction of sp³-hybridized carbons (Fsp3) is 0.167. The molecular formula is C6H6ClN3O2. The van der Waals surface area contributed by atoms with E-state index in [4.69, 9.17) is 11.8 Å². The Morgan fingerprint density at radius 3 is 2.83 bits per heavy atom. The second-order valence-corrected chi connectivity index (χ2v) is 2.33. The fourth-order valence-electron chi connectivity index (χ4n) is 0.865. The number of nitrogens with one attached hydrogen (secondary N) is 1. The summed E-state index contributed by atoms with van der Waals surface area (Å²) in [5, 5.41) is 10.5. The number of aryl methyl sites for hydroxylation is 1. The van der Waals surface area contributed by atoms with Gasteiger partial charge in [0, 0.05) is 18.0 Å². The first kappa shape index (κ1) is 8.73. The molecule has 0 aliphatic carbocycles. The van der Waals surface area contributed by atoms with Gasteiger partial charge in [0.05, 0.1) is 4.92 Å². The molecule has 0 fully saturated rings. The Kier molecular flexibility index (Phi) is 2.44. The molecule has 1 aromatic rings. The first-order valence-electron chi connectivity index (χ1n) is 3.13. The lowest BCUT2D eigenvalue weighted by molar-refractivity contribution is -0.384. The van der Waals surface area contributed by atoms with Gasteiger partial charge in [0.2, 0.25) is 0 Å². The lowest BCUT2D eigenvalue weighted by atomic mass is 10.3. The van der Waals surface area contributed by atoms with Crippen molar-refractivity contribution in [1.82, 2.24) is 4.98 Å². The van der Waals surface area contributed by atoms with Crippen molar-refractivity contribution in [3.05, 3.63) is 28.1 Å². The van der Waals surface area contributed by atoms with Crippen LogP contribution < -0.4 is 4.84 Å². The molecule has 0 aromatic carbocycles. The van der Waals surface area contributed by atoms with Crippen LogP contribution in [0.4, 0.5) is 11.4 Å². The average Bonchev–Trinajstić information content (AvgIpc) is 2.03. The third kappa shape index (κ3) is 1.45. The number of rotatable bonds is 2. The molecular weight excluding hydrogens is 182 g/mol. The molecule has 0 aliphatic rings. The smallest absolute Gasteiger partial charge is 0.292 e. The normalized spacial score (nSPS) is 9.50. The number of pyridine rings is 1. The van der Waals surface area contributed by atoms with E-state index in [9.17, 15) is 10.1 Å². The molecule has 0 amide bonds. The van der Waals surface area contributed by atoms with Crippen molar-refractivity contribution in [2.24, 2.45) is 0 Å². The zero-order chi connectivity index (χ0) is 9.14. The predicted octanol–water partition coefficient (Wildman–Crippen LogP) is 1.86. The lowest BCUT2D eigenvalue weighted by Crippen LogP contribution is -1.97. The highest BCUT2D eigenvalue weighted by atomic mass is 35.5. The number of halogens is 1. The van der Waals surface area contributed by atoms with Crippen LogP contribution in [0.2, 0.25) is 0 Å². The Labute approximate surface area is 73.6 Å². The van der Waals surface area contributed by atoms with Crippen molar-refractivity contribution >= 4 is 23.2 Å². The second kappa shape index (κ2) is 3.36. The molecule has 0 atom stereocenters. The largest absolute Gasteiger partial charge is 0.314 e. The number of hydrogen-bond donors (Lipinski definition) is 1. The van der Waals surface area contributed by atoms with Crippen LogP contribution in [0.5, 0.6) is 0 Å². The molecule has 0 saturated carbocycles. The molecule has 1 heterocycles. The van der Waals surface area contributed by atoms with E-state index in [1.807, 2.05) is 0 Å². The van der Waals surface area contributed by atoms with E-state index >= 15 is 0 Å². The minimum absolute atomic E-state index is 0.0903. The summed E-state index contributed by atoms with van der Waals surface area (Å²) in [4.78, 5) is 15.9. The summed E-state index contributed by atoms with van der Waals surface area (Å²) in [6, 6.07) is 1.44. The zero-order valence-electron chi connectivity index (χ0n) is 6.24. The van der Waals surface area contributed by atoms with Gasteiger partial charge in [0.25, 0.3) is 0 Å². The topological polar surface area (TPSA) is 68.1 Å². The molecule has 0 bridgehead atoms. The Bertz CT molecular complexity index is 316. The van der Waals surface area contributed by atoms with Crippen molar-refractivity contribution in [2.75, 3.05) is 4.84 Å². The maximum atomic E-state index is 10.5. The Hall–Kier alpha value is -1.36. The Morgan fingerprint density at radius 2 is 2.42 bits per heavy atom. The number of anilines is 1. The van der Waals surface area contributed by atoms with Crippen LogP contribution in [0.25, 0.3) is 0 Å². The summed E-state index contributed by atoms with van der Waals surface area (Å²) in [6.07, 6.45) is 1.45. The van der Waals surface area contributed by atoms with Gasteiger partial charge < -0.3 is 0 Å². The maximum Gasteiger partial charge on any atom is 0.314 e. The van der Waals surface area contributed by atoms with Crippen LogP contribution in [0.1, 0.15) is 5.69 Å². The standard InChI is InChI=1S/C6H6ClN3O2/c1-4-6(10(11)12)5(9-7)2-3-8-4/h2-3H,1H3,(H,8,9). The number of hydrogen-bond acceptors (Lipinski definition) is 4. The van der Waals surface area contributed by atoms with Crippen LogP contribution in [-0.4, -0.2) is 9.91 Å². The Balaban J connectivity index is 3.29. The van der Waals surface area contributed by atoms with Crippen LogP contribution in [0.3, 0.4) is 0 Å². The molecule has 0 aliphatic heterocycles. The summed E-state index contributed by atoms with van der Waals surface area (Å²) in [5.74, 6) is 0. The van der Waals surface area contributed by atoms with Crippen molar-refractivity contribution in [2.45, 2.75) is 6.92 Å². The third-order valence-corrected chi connectivity index (χ3v) is 1.60. The molecule has 0 radical (unpaired) electrons. The molecule has 6 heteroatoms. The van der Waals surface area contributed by atoms with Gasteiger partial charge in [-0.05, 0) is 13.0 Å². The minimum Gasteiger partial charge on any atom is -0.292 e. The van der Waals surface area contributed by atoms with Gasteiger partial charge in [-0.25, -0.2) is 0 Å². The van der Waals surface area contributed by atoms with E-state index < -0.39 is 4.92 Å². The highest BCUT2D eigenvalue weighted by Crippen LogP contribution is 2.26. The van der Waals surface area contributed by atoms with Crippen LogP contribution in [-0.2, 0) is 0 Å². The predicted molar refractivity (Wildman–Crippen MR) is 45.1 cm³/mol. The van der Waals surface area contributed by atoms with E-state index in [0.29, 0.717) is 5.69 Å². The van der Waals surface area contributed by atoms with Crippen LogP contribution in [0.15, 0.2) is 12.3 Å². The summed E-state index contributed by atoms with van der Waals surface area (Å²) in [5.41, 5.74) is 0.507. The summed E-state index contributed by atoms with van der Waals surface area (Å²) in [6.45, 7) is 1.55. The summed E-state index contributed by atoms with van der Waals surface area (Å²) < 4.78 is 0. The van der Waals surface area contributed by atoms with Crippen LogP contribution >= 0.6 is 11.8 Å². The molecule has 64 valence electrons. The van der Waals surface area contributed by atoms with E-state index in [-0.39, 0.29) is 11.4 Å². The van der Waals surface area contributed by atoms with Gasteiger partial charge in [-0.15, -0.1) is 0 Å². The van der Waals surface area contributed by atoms with Gasteiger partial charge in [-0.2, -0.15) is 0 Å². The summed E-state index contributed by atoms with van der Waals surface area (Å²) in [7, 11) is 0. The Morgan fingerprint density at radius 1 is 1.75 bits per heavy atom. The molecule has 5 nitrogen and oxygen atoms in total. The quantitative estimate of drug-likeness (QED) is 0.436. The van der Waals surface area contributed by atoms with Crippen molar-refractivity contribution in [3.8, 4) is 0 Å². The highest BCUT2D eigenvalue weighted by Gasteiger charge is 2.16. The number of nitro groups is 1. The molecule has 12 heavy (non-hydrogen) atoms. The second-order valence-electron chi connectivity index (χ2n) is 2.14. The molecule has 0 spiro atoms. The highest BCUT2D eigenvalue weighted by molar-refractivity contribution is 6.24.